The van der Waals surface area contributed by atoms with Gasteiger partial charge in [-0.15, -0.1) is 0 Å². The van der Waals surface area contributed by atoms with E-state index in [9.17, 15) is 0 Å². The summed E-state index contributed by atoms with van der Waals surface area (Å²) >= 11 is 0. The Morgan fingerprint density at radius 3 is 2.85 bits per heavy atom. The number of aromatic nitrogens is 3. The minimum Gasteiger partial charge on any atom is -0.382 e. The number of rotatable bonds is 2. The van der Waals surface area contributed by atoms with Crippen LogP contribution in [0.1, 0.15) is 19.3 Å². The van der Waals surface area contributed by atoms with Gasteiger partial charge in [0.05, 0.1) is 5.73 Å². The third kappa shape index (κ3) is 2.56. The van der Waals surface area contributed by atoms with Crippen LogP contribution in [0.4, 0.5) is 0 Å². The van der Waals surface area contributed by atoms with Crippen LogP contribution in [-0.2, 0) is 4.74 Å². The SMILES string of the molecule is c1ncnc([SiH2]C2CCCCO2)n1. The van der Waals surface area contributed by atoms with Crippen LogP contribution >= 0.6 is 0 Å². The molecule has 1 aromatic rings. The van der Waals surface area contributed by atoms with Gasteiger partial charge in [-0.2, -0.15) is 0 Å². The van der Waals surface area contributed by atoms with Crippen molar-refractivity contribution >= 4 is 15.0 Å². The maximum Gasteiger partial charge on any atom is 0.136 e. The molecule has 0 radical (unpaired) electrons. The van der Waals surface area contributed by atoms with E-state index in [1.165, 1.54) is 19.3 Å². The molecule has 1 atom stereocenters. The Morgan fingerprint density at radius 2 is 2.15 bits per heavy atom. The van der Waals surface area contributed by atoms with Gasteiger partial charge in [0.15, 0.2) is 0 Å². The number of ether oxygens (including phenoxy) is 1. The van der Waals surface area contributed by atoms with Crippen molar-refractivity contribution in [1.82, 2.24) is 15.0 Å². The summed E-state index contributed by atoms with van der Waals surface area (Å²) < 4.78 is 5.64. The molecule has 0 bridgehead atoms. The molecule has 2 rings (SSSR count). The van der Waals surface area contributed by atoms with Crippen LogP contribution in [0.15, 0.2) is 12.7 Å². The minimum absolute atomic E-state index is 0.442. The first-order chi connectivity index (χ1) is 6.45. The minimum atomic E-state index is -0.442. The van der Waals surface area contributed by atoms with E-state index in [0.29, 0.717) is 5.73 Å². The fourth-order valence-electron chi connectivity index (χ4n) is 1.54. The second kappa shape index (κ2) is 4.43. The lowest BCUT2D eigenvalue weighted by Crippen LogP contribution is -2.36. The van der Waals surface area contributed by atoms with E-state index in [0.717, 1.165) is 12.1 Å². The monoisotopic (exact) mass is 195 g/mol. The summed E-state index contributed by atoms with van der Waals surface area (Å²) in [7, 11) is -0.442. The molecular weight excluding hydrogens is 182 g/mol. The molecule has 2 heterocycles. The zero-order valence-corrected chi connectivity index (χ0v) is 8.93. The summed E-state index contributed by atoms with van der Waals surface area (Å²) in [5.74, 6) is 0. The highest BCUT2D eigenvalue weighted by Crippen LogP contribution is 2.10. The zero-order valence-electron chi connectivity index (χ0n) is 7.52. The summed E-state index contributed by atoms with van der Waals surface area (Å²) in [6, 6.07) is 0. The van der Waals surface area contributed by atoms with Crippen LogP contribution in [0.3, 0.4) is 0 Å². The molecule has 5 heteroatoms. The molecule has 0 amide bonds. The van der Waals surface area contributed by atoms with Gasteiger partial charge in [0.1, 0.15) is 27.6 Å². The van der Waals surface area contributed by atoms with Gasteiger partial charge in [-0.25, -0.2) is 15.0 Å². The van der Waals surface area contributed by atoms with Crippen molar-refractivity contribution in [3.8, 4) is 0 Å². The summed E-state index contributed by atoms with van der Waals surface area (Å²) in [4.78, 5) is 12.1. The molecule has 1 saturated heterocycles. The van der Waals surface area contributed by atoms with Crippen molar-refractivity contribution in [2.24, 2.45) is 0 Å². The Hall–Kier alpha value is -0.813. The molecule has 0 spiro atoms. The van der Waals surface area contributed by atoms with Crippen LogP contribution in [0, 0.1) is 0 Å². The standard InChI is InChI=1S/C8H13N3OSi/c1-2-4-12-7(3-1)13-8-10-5-9-6-11-8/h5-7H,1-4,13H2. The lowest BCUT2D eigenvalue weighted by Gasteiger charge is -2.21. The average molecular weight is 195 g/mol. The molecule has 1 aliphatic rings. The van der Waals surface area contributed by atoms with Gasteiger partial charge in [-0.1, -0.05) is 0 Å². The highest BCUT2D eigenvalue weighted by atomic mass is 28.2. The third-order valence-electron chi connectivity index (χ3n) is 2.23. The number of nitrogens with zero attached hydrogens (tertiary/aromatic N) is 3. The third-order valence-corrected chi connectivity index (χ3v) is 4.06. The summed E-state index contributed by atoms with van der Waals surface area (Å²) in [6.07, 6.45) is 6.83. The fourth-order valence-corrected chi connectivity index (χ4v) is 3.10. The molecule has 4 nitrogen and oxygen atoms in total. The molecule has 0 aromatic carbocycles. The Balaban J connectivity index is 1.90. The first-order valence-electron chi connectivity index (χ1n) is 4.67. The number of hydrogen-bond acceptors (Lipinski definition) is 4. The lowest BCUT2D eigenvalue weighted by molar-refractivity contribution is 0.0659. The Kier molecular flexibility index (Phi) is 2.99. The van der Waals surface area contributed by atoms with E-state index in [1.54, 1.807) is 12.7 Å². The Labute approximate surface area is 79.6 Å². The maximum atomic E-state index is 5.64. The second-order valence-corrected chi connectivity index (χ2v) is 5.20. The second-order valence-electron chi connectivity index (χ2n) is 3.25. The highest BCUT2D eigenvalue weighted by molar-refractivity contribution is 6.52. The summed E-state index contributed by atoms with van der Waals surface area (Å²) in [5, 5.41) is 0. The van der Waals surface area contributed by atoms with Gasteiger partial charge >= 0.3 is 0 Å². The van der Waals surface area contributed by atoms with Crippen LogP contribution in [0.5, 0.6) is 0 Å². The summed E-state index contributed by atoms with van der Waals surface area (Å²) in [5.41, 5.74) is 1.43. The largest absolute Gasteiger partial charge is 0.382 e. The molecule has 0 saturated carbocycles. The molecule has 13 heavy (non-hydrogen) atoms. The summed E-state index contributed by atoms with van der Waals surface area (Å²) in [6.45, 7) is 0.919. The molecule has 1 fully saturated rings. The molecule has 1 aromatic heterocycles. The maximum absolute atomic E-state index is 5.64. The van der Waals surface area contributed by atoms with Crippen molar-refractivity contribution < 1.29 is 4.74 Å². The first-order valence-corrected chi connectivity index (χ1v) is 6.20. The van der Waals surface area contributed by atoms with E-state index in [-0.39, 0.29) is 0 Å². The highest BCUT2D eigenvalue weighted by Gasteiger charge is 2.15. The van der Waals surface area contributed by atoms with E-state index < -0.39 is 9.52 Å². The van der Waals surface area contributed by atoms with E-state index in [4.69, 9.17) is 4.74 Å². The molecular formula is C8H13N3OSi. The molecule has 1 unspecified atom stereocenters. The van der Waals surface area contributed by atoms with E-state index in [1.807, 2.05) is 0 Å². The van der Waals surface area contributed by atoms with Crippen molar-refractivity contribution in [3.63, 3.8) is 0 Å². The van der Waals surface area contributed by atoms with Gasteiger partial charge in [0.25, 0.3) is 0 Å². The smallest absolute Gasteiger partial charge is 0.136 e. The first kappa shape index (κ1) is 8.77. The number of hydrogen-bond donors (Lipinski definition) is 0. The quantitative estimate of drug-likeness (QED) is 0.579. The Bertz CT molecular complexity index is 251. The fraction of sp³-hybridized carbons (Fsp3) is 0.625. The van der Waals surface area contributed by atoms with Crippen LogP contribution in [0.25, 0.3) is 0 Å². The lowest BCUT2D eigenvalue weighted by atomic mass is 10.2. The van der Waals surface area contributed by atoms with Crippen LogP contribution < -0.4 is 5.45 Å². The van der Waals surface area contributed by atoms with Gasteiger partial charge in [-0.3, -0.25) is 0 Å². The van der Waals surface area contributed by atoms with Crippen molar-refractivity contribution in [1.29, 1.82) is 0 Å². The molecule has 0 N–H and O–H groups in total. The van der Waals surface area contributed by atoms with Crippen LogP contribution in [-0.4, -0.2) is 36.8 Å². The van der Waals surface area contributed by atoms with Gasteiger partial charge < -0.3 is 4.74 Å². The van der Waals surface area contributed by atoms with Crippen LogP contribution in [0.2, 0.25) is 0 Å². The van der Waals surface area contributed by atoms with E-state index in [2.05, 4.69) is 15.0 Å². The molecule has 0 aliphatic carbocycles. The zero-order chi connectivity index (χ0) is 8.93. The van der Waals surface area contributed by atoms with Gasteiger partial charge in [0.2, 0.25) is 0 Å². The van der Waals surface area contributed by atoms with Crippen molar-refractivity contribution in [3.05, 3.63) is 12.7 Å². The van der Waals surface area contributed by atoms with E-state index >= 15 is 0 Å². The molecule has 1 aliphatic heterocycles. The Morgan fingerprint density at radius 1 is 1.31 bits per heavy atom. The topological polar surface area (TPSA) is 47.9 Å². The normalized spacial score (nSPS) is 23.8. The van der Waals surface area contributed by atoms with Gasteiger partial charge in [-0.05, 0) is 19.3 Å². The van der Waals surface area contributed by atoms with Gasteiger partial charge in [0, 0.05) is 6.61 Å². The van der Waals surface area contributed by atoms with Crippen molar-refractivity contribution in [2.45, 2.75) is 25.0 Å². The predicted molar refractivity (Wildman–Crippen MR) is 51.6 cm³/mol. The predicted octanol–water partition coefficient (Wildman–Crippen LogP) is -0.808. The van der Waals surface area contributed by atoms with Crippen molar-refractivity contribution in [2.75, 3.05) is 6.61 Å². The molecule has 70 valence electrons. The average Bonchev–Trinajstić information content (AvgIpc) is 2.21.